The zero-order valence-electron chi connectivity index (χ0n) is 17.9. The Balaban J connectivity index is 1.64. The molecule has 0 atom stereocenters. The first kappa shape index (κ1) is 21.1. The van der Waals surface area contributed by atoms with Crippen LogP contribution >= 0.6 is 0 Å². The van der Waals surface area contributed by atoms with Crippen molar-refractivity contribution in [2.24, 2.45) is 5.92 Å². The van der Waals surface area contributed by atoms with E-state index in [-0.39, 0.29) is 16.7 Å². The van der Waals surface area contributed by atoms with E-state index in [1.165, 1.54) is 12.8 Å². The summed E-state index contributed by atoms with van der Waals surface area (Å²) < 4.78 is 0. The van der Waals surface area contributed by atoms with Crippen LogP contribution in [0.4, 0.5) is 11.4 Å². The minimum absolute atomic E-state index is 0.115. The standard InChI is InChI=1S/C26H29N3O2/c1-28-16-14-20(15-17-28)18-21-12-13-25(29(30)31)24(19-21)27-26(22-8-4-2-5-9-22)23-10-6-3-7-11-23/h2-13,19-20,26-27H,14-18H2,1H3. The lowest BCUT2D eigenvalue weighted by Gasteiger charge is -2.29. The Morgan fingerprint density at radius 2 is 1.55 bits per heavy atom. The molecule has 1 fully saturated rings. The number of nitro benzene ring substituents is 1. The quantitative estimate of drug-likeness (QED) is 0.398. The smallest absolute Gasteiger partial charge is 0.292 e. The fourth-order valence-corrected chi connectivity index (χ4v) is 4.39. The Morgan fingerprint density at radius 3 is 2.10 bits per heavy atom. The van der Waals surface area contributed by atoms with Crippen LogP contribution in [0, 0.1) is 16.0 Å². The van der Waals surface area contributed by atoms with Gasteiger partial charge in [0.25, 0.3) is 5.69 Å². The van der Waals surface area contributed by atoms with Gasteiger partial charge in [0.1, 0.15) is 5.69 Å². The van der Waals surface area contributed by atoms with Crippen LogP contribution in [0.3, 0.4) is 0 Å². The number of nitrogens with one attached hydrogen (secondary N) is 1. The van der Waals surface area contributed by atoms with Crippen LogP contribution in [-0.4, -0.2) is 30.0 Å². The van der Waals surface area contributed by atoms with Crippen molar-refractivity contribution in [1.82, 2.24) is 4.90 Å². The molecule has 1 saturated heterocycles. The fraction of sp³-hybridized carbons (Fsp3) is 0.308. The van der Waals surface area contributed by atoms with Gasteiger partial charge in [-0.05, 0) is 68.1 Å². The molecule has 0 spiro atoms. The van der Waals surface area contributed by atoms with E-state index >= 15 is 0 Å². The highest BCUT2D eigenvalue weighted by atomic mass is 16.6. The van der Waals surface area contributed by atoms with Gasteiger partial charge in [-0.25, -0.2) is 0 Å². The second-order valence-electron chi connectivity index (χ2n) is 8.46. The third kappa shape index (κ3) is 5.30. The first-order chi connectivity index (χ1) is 15.1. The third-order valence-corrected chi connectivity index (χ3v) is 6.19. The second kappa shape index (κ2) is 9.75. The van der Waals surface area contributed by atoms with E-state index in [1.807, 2.05) is 48.5 Å². The Bertz CT molecular complexity index is 960. The molecule has 1 aliphatic heterocycles. The van der Waals surface area contributed by atoms with E-state index in [0.29, 0.717) is 11.6 Å². The van der Waals surface area contributed by atoms with E-state index in [1.54, 1.807) is 6.07 Å². The molecule has 4 rings (SSSR count). The summed E-state index contributed by atoms with van der Waals surface area (Å²) >= 11 is 0. The van der Waals surface area contributed by atoms with Crippen molar-refractivity contribution in [2.45, 2.75) is 25.3 Å². The normalized spacial score (nSPS) is 15.2. The summed E-state index contributed by atoms with van der Waals surface area (Å²) in [5, 5.41) is 15.3. The maximum atomic E-state index is 11.8. The molecule has 0 radical (unpaired) electrons. The fourth-order valence-electron chi connectivity index (χ4n) is 4.39. The molecule has 1 aliphatic rings. The predicted molar refractivity (Wildman–Crippen MR) is 125 cm³/mol. The molecule has 5 nitrogen and oxygen atoms in total. The van der Waals surface area contributed by atoms with Gasteiger partial charge in [-0.1, -0.05) is 66.7 Å². The minimum atomic E-state index is -0.297. The van der Waals surface area contributed by atoms with Gasteiger partial charge in [0.05, 0.1) is 11.0 Å². The molecular formula is C26H29N3O2. The SMILES string of the molecule is CN1CCC(Cc2ccc([N+](=O)[O-])c(NC(c3ccccc3)c3ccccc3)c2)CC1. The van der Waals surface area contributed by atoms with E-state index in [2.05, 4.69) is 41.5 Å². The van der Waals surface area contributed by atoms with Crippen LogP contribution in [0.2, 0.25) is 0 Å². The summed E-state index contributed by atoms with van der Waals surface area (Å²) in [6.45, 7) is 2.24. The lowest BCUT2D eigenvalue weighted by molar-refractivity contribution is -0.384. The average Bonchev–Trinajstić information content (AvgIpc) is 2.80. The average molecular weight is 416 g/mol. The van der Waals surface area contributed by atoms with Crippen molar-refractivity contribution in [3.8, 4) is 0 Å². The second-order valence-corrected chi connectivity index (χ2v) is 8.46. The van der Waals surface area contributed by atoms with Gasteiger partial charge in [0, 0.05) is 6.07 Å². The van der Waals surface area contributed by atoms with Crippen LogP contribution in [0.25, 0.3) is 0 Å². The Kier molecular flexibility index (Phi) is 6.63. The van der Waals surface area contributed by atoms with Gasteiger partial charge < -0.3 is 10.2 Å². The van der Waals surface area contributed by atoms with Crippen LogP contribution < -0.4 is 5.32 Å². The monoisotopic (exact) mass is 415 g/mol. The van der Waals surface area contributed by atoms with E-state index < -0.39 is 0 Å². The highest BCUT2D eigenvalue weighted by molar-refractivity contribution is 5.64. The van der Waals surface area contributed by atoms with Gasteiger partial charge in [-0.3, -0.25) is 10.1 Å². The molecule has 5 heteroatoms. The summed E-state index contributed by atoms with van der Waals surface area (Å²) in [5.74, 6) is 0.629. The number of nitro groups is 1. The molecule has 31 heavy (non-hydrogen) atoms. The van der Waals surface area contributed by atoms with Crippen molar-refractivity contribution in [3.63, 3.8) is 0 Å². The van der Waals surface area contributed by atoms with Gasteiger partial charge in [0.15, 0.2) is 0 Å². The Hall–Kier alpha value is -3.18. The number of benzene rings is 3. The van der Waals surface area contributed by atoms with E-state index in [0.717, 1.165) is 36.2 Å². The van der Waals surface area contributed by atoms with Crippen molar-refractivity contribution in [3.05, 3.63) is 106 Å². The third-order valence-electron chi connectivity index (χ3n) is 6.19. The molecule has 1 N–H and O–H groups in total. The lowest BCUT2D eigenvalue weighted by Crippen LogP contribution is -2.30. The van der Waals surface area contributed by atoms with Crippen LogP contribution in [0.15, 0.2) is 78.9 Å². The zero-order chi connectivity index (χ0) is 21.6. The summed E-state index contributed by atoms with van der Waals surface area (Å²) in [4.78, 5) is 13.8. The molecule has 0 aliphatic carbocycles. The number of nitrogens with zero attached hydrogens (tertiary/aromatic N) is 2. The summed E-state index contributed by atoms with van der Waals surface area (Å²) in [6.07, 6.45) is 3.31. The molecular weight excluding hydrogens is 386 g/mol. The van der Waals surface area contributed by atoms with Crippen molar-refractivity contribution in [1.29, 1.82) is 0 Å². The van der Waals surface area contributed by atoms with Crippen LogP contribution in [0.5, 0.6) is 0 Å². The minimum Gasteiger partial charge on any atom is -0.369 e. The first-order valence-electron chi connectivity index (χ1n) is 10.9. The molecule has 0 bridgehead atoms. The predicted octanol–water partition coefficient (Wildman–Crippen LogP) is 5.68. The van der Waals surface area contributed by atoms with Gasteiger partial charge >= 0.3 is 0 Å². The molecule has 3 aromatic carbocycles. The van der Waals surface area contributed by atoms with Crippen molar-refractivity contribution in [2.75, 3.05) is 25.5 Å². The highest BCUT2D eigenvalue weighted by Crippen LogP contribution is 2.33. The van der Waals surface area contributed by atoms with Gasteiger partial charge in [-0.2, -0.15) is 0 Å². The number of anilines is 1. The summed E-state index contributed by atoms with van der Waals surface area (Å²) in [6, 6.07) is 25.6. The maximum absolute atomic E-state index is 11.8. The number of rotatable bonds is 7. The van der Waals surface area contributed by atoms with Gasteiger partial charge in [-0.15, -0.1) is 0 Å². The Labute approximate surface area is 183 Å². The van der Waals surface area contributed by atoms with Crippen molar-refractivity contribution >= 4 is 11.4 Å². The molecule has 0 unspecified atom stereocenters. The molecule has 1 heterocycles. The summed E-state index contributed by atoms with van der Waals surface area (Å²) in [7, 11) is 2.16. The van der Waals surface area contributed by atoms with E-state index in [4.69, 9.17) is 0 Å². The maximum Gasteiger partial charge on any atom is 0.292 e. The number of piperidine rings is 1. The van der Waals surface area contributed by atoms with Crippen LogP contribution in [0.1, 0.15) is 35.6 Å². The highest BCUT2D eigenvalue weighted by Gasteiger charge is 2.22. The first-order valence-corrected chi connectivity index (χ1v) is 10.9. The molecule has 3 aromatic rings. The van der Waals surface area contributed by atoms with Gasteiger partial charge in [0.2, 0.25) is 0 Å². The lowest BCUT2D eigenvalue weighted by atomic mass is 9.90. The number of hydrogen-bond acceptors (Lipinski definition) is 4. The molecule has 0 amide bonds. The molecule has 0 aromatic heterocycles. The zero-order valence-corrected chi connectivity index (χ0v) is 17.9. The van der Waals surface area contributed by atoms with Crippen LogP contribution in [-0.2, 0) is 6.42 Å². The summed E-state index contributed by atoms with van der Waals surface area (Å²) in [5.41, 5.74) is 3.99. The van der Waals surface area contributed by atoms with E-state index in [9.17, 15) is 10.1 Å². The largest absolute Gasteiger partial charge is 0.369 e. The Morgan fingerprint density at radius 1 is 0.968 bits per heavy atom. The number of hydrogen-bond donors (Lipinski definition) is 1. The van der Waals surface area contributed by atoms with Crippen molar-refractivity contribution < 1.29 is 4.92 Å². The number of likely N-dealkylation sites (tertiary alicyclic amines) is 1. The molecule has 160 valence electrons. The topological polar surface area (TPSA) is 58.4 Å². The molecule has 0 saturated carbocycles.